The summed E-state index contributed by atoms with van der Waals surface area (Å²) >= 11 is 0. The summed E-state index contributed by atoms with van der Waals surface area (Å²) in [4.78, 5) is 26.8. The van der Waals surface area contributed by atoms with Crippen LogP contribution < -0.4 is 14.4 Å². The second kappa shape index (κ2) is 8.75. The van der Waals surface area contributed by atoms with Gasteiger partial charge < -0.3 is 9.47 Å². The standard InChI is InChI=1S/C24H18F2N2O6S/c25-16-2-6-18(7-3-16)28-23(29)12-20(24(28)30)27(35(31,32)19-8-4-17(26)5-9-19)13-15-1-10-21-22(11-15)34-14-33-21/h1-11,20H,12-14H2. The maximum atomic E-state index is 13.6. The summed E-state index contributed by atoms with van der Waals surface area (Å²) in [5.74, 6) is -1.65. The molecule has 2 heterocycles. The Morgan fingerprint density at radius 3 is 2.20 bits per heavy atom. The molecule has 1 fully saturated rings. The van der Waals surface area contributed by atoms with Crippen LogP contribution in [0, 0.1) is 11.6 Å². The van der Waals surface area contributed by atoms with E-state index in [1.54, 1.807) is 18.2 Å². The molecule has 35 heavy (non-hydrogen) atoms. The van der Waals surface area contributed by atoms with Crippen LogP contribution in [-0.4, -0.2) is 37.4 Å². The minimum atomic E-state index is -4.35. The molecule has 180 valence electrons. The SMILES string of the molecule is O=C1CC(N(Cc2ccc3c(c2)OCO3)S(=O)(=O)c2ccc(F)cc2)C(=O)N1c1ccc(F)cc1. The van der Waals surface area contributed by atoms with Crippen LogP contribution in [0.3, 0.4) is 0 Å². The zero-order valence-electron chi connectivity index (χ0n) is 18.1. The largest absolute Gasteiger partial charge is 0.454 e. The molecular weight excluding hydrogens is 482 g/mol. The fourth-order valence-electron chi connectivity index (χ4n) is 4.03. The van der Waals surface area contributed by atoms with E-state index in [-0.39, 0.29) is 23.9 Å². The molecule has 2 aliphatic heterocycles. The second-order valence-corrected chi connectivity index (χ2v) is 9.85. The quantitative estimate of drug-likeness (QED) is 0.483. The number of anilines is 1. The number of carbonyl (C=O) groups excluding carboxylic acids is 2. The van der Waals surface area contributed by atoms with Gasteiger partial charge in [0.25, 0.3) is 5.91 Å². The Kier molecular flexibility index (Phi) is 5.73. The van der Waals surface area contributed by atoms with Crippen LogP contribution in [0.2, 0.25) is 0 Å². The zero-order chi connectivity index (χ0) is 24.7. The molecule has 0 spiro atoms. The van der Waals surface area contributed by atoms with Gasteiger partial charge in [-0.2, -0.15) is 4.31 Å². The zero-order valence-corrected chi connectivity index (χ0v) is 18.9. The van der Waals surface area contributed by atoms with Gasteiger partial charge in [0.05, 0.1) is 17.0 Å². The van der Waals surface area contributed by atoms with E-state index in [9.17, 15) is 26.8 Å². The lowest BCUT2D eigenvalue weighted by Crippen LogP contribution is -2.45. The Balaban J connectivity index is 1.54. The molecule has 0 saturated carbocycles. The van der Waals surface area contributed by atoms with Gasteiger partial charge in [-0.15, -0.1) is 0 Å². The van der Waals surface area contributed by atoms with Gasteiger partial charge in [-0.3, -0.25) is 9.59 Å². The highest BCUT2D eigenvalue weighted by molar-refractivity contribution is 7.89. The first-order chi connectivity index (χ1) is 16.7. The minimum absolute atomic E-state index is 0.0264. The van der Waals surface area contributed by atoms with Crippen LogP contribution >= 0.6 is 0 Å². The van der Waals surface area contributed by atoms with Crippen molar-refractivity contribution in [3.63, 3.8) is 0 Å². The van der Waals surface area contributed by atoms with Gasteiger partial charge in [-0.05, 0) is 66.2 Å². The lowest BCUT2D eigenvalue weighted by molar-refractivity contribution is -0.122. The summed E-state index contributed by atoms with van der Waals surface area (Å²) in [5.41, 5.74) is 0.617. The predicted octanol–water partition coefficient (Wildman–Crippen LogP) is 3.22. The van der Waals surface area contributed by atoms with Gasteiger partial charge >= 0.3 is 0 Å². The third-order valence-corrected chi connectivity index (χ3v) is 7.62. The van der Waals surface area contributed by atoms with Crippen molar-refractivity contribution in [2.75, 3.05) is 11.7 Å². The molecule has 0 bridgehead atoms. The van der Waals surface area contributed by atoms with Crippen molar-refractivity contribution in [2.45, 2.75) is 23.9 Å². The van der Waals surface area contributed by atoms with Gasteiger partial charge in [-0.1, -0.05) is 6.07 Å². The number of rotatable bonds is 6. The van der Waals surface area contributed by atoms with Crippen molar-refractivity contribution in [1.29, 1.82) is 0 Å². The molecule has 0 N–H and O–H groups in total. The first-order valence-electron chi connectivity index (χ1n) is 10.5. The van der Waals surface area contributed by atoms with Crippen molar-refractivity contribution in [2.24, 2.45) is 0 Å². The fraction of sp³-hybridized carbons (Fsp3) is 0.167. The van der Waals surface area contributed by atoms with Crippen molar-refractivity contribution in [1.82, 2.24) is 4.31 Å². The number of benzene rings is 3. The molecule has 2 amide bonds. The first kappa shape index (κ1) is 22.9. The molecule has 3 aromatic rings. The number of nitrogens with zero attached hydrogens (tertiary/aromatic N) is 2. The van der Waals surface area contributed by atoms with Crippen LogP contribution in [0.15, 0.2) is 71.6 Å². The molecule has 1 unspecified atom stereocenters. The third-order valence-electron chi connectivity index (χ3n) is 5.75. The lowest BCUT2D eigenvalue weighted by Gasteiger charge is -2.27. The molecule has 0 radical (unpaired) electrons. The van der Waals surface area contributed by atoms with Gasteiger partial charge in [0.1, 0.15) is 17.7 Å². The maximum absolute atomic E-state index is 13.6. The number of amides is 2. The highest BCUT2D eigenvalue weighted by Crippen LogP contribution is 2.35. The number of ether oxygens (including phenoxy) is 2. The third kappa shape index (κ3) is 4.24. The molecule has 2 aliphatic rings. The average Bonchev–Trinajstić information content (AvgIpc) is 3.41. The van der Waals surface area contributed by atoms with Crippen molar-refractivity contribution >= 4 is 27.5 Å². The molecule has 3 aromatic carbocycles. The molecule has 0 aromatic heterocycles. The predicted molar refractivity (Wildman–Crippen MR) is 119 cm³/mol. The van der Waals surface area contributed by atoms with E-state index >= 15 is 0 Å². The molecular formula is C24H18F2N2O6S. The number of hydrogen-bond donors (Lipinski definition) is 0. The molecule has 0 aliphatic carbocycles. The fourth-order valence-corrected chi connectivity index (χ4v) is 5.60. The summed E-state index contributed by atoms with van der Waals surface area (Å²) in [6.07, 6.45) is -0.415. The number of hydrogen-bond acceptors (Lipinski definition) is 6. The molecule has 1 saturated heterocycles. The van der Waals surface area contributed by atoms with Gasteiger partial charge in [0, 0.05) is 6.54 Å². The Bertz CT molecular complexity index is 1410. The number of carbonyl (C=O) groups is 2. The summed E-state index contributed by atoms with van der Waals surface area (Å²) in [5, 5.41) is 0. The van der Waals surface area contributed by atoms with Crippen LogP contribution in [0.4, 0.5) is 14.5 Å². The van der Waals surface area contributed by atoms with E-state index < -0.39 is 45.9 Å². The Hall–Kier alpha value is -3.83. The highest BCUT2D eigenvalue weighted by atomic mass is 32.2. The Morgan fingerprint density at radius 2 is 1.51 bits per heavy atom. The lowest BCUT2D eigenvalue weighted by atomic mass is 10.1. The number of sulfonamides is 1. The summed E-state index contributed by atoms with van der Waals surface area (Å²) in [6, 6.07) is 12.4. The topological polar surface area (TPSA) is 93.2 Å². The Morgan fingerprint density at radius 1 is 0.886 bits per heavy atom. The molecule has 1 atom stereocenters. The van der Waals surface area contributed by atoms with Gasteiger partial charge in [0.15, 0.2) is 11.5 Å². The van der Waals surface area contributed by atoms with E-state index in [0.717, 1.165) is 45.6 Å². The summed E-state index contributed by atoms with van der Waals surface area (Å²) < 4.78 is 65.6. The van der Waals surface area contributed by atoms with Crippen molar-refractivity contribution < 1.29 is 36.3 Å². The van der Waals surface area contributed by atoms with Crippen LogP contribution in [0.25, 0.3) is 0 Å². The monoisotopic (exact) mass is 500 g/mol. The second-order valence-electron chi connectivity index (χ2n) is 7.96. The summed E-state index contributed by atoms with van der Waals surface area (Å²) in [7, 11) is -4.35. The van der Waals surface area contributed by atoms with E-state index in [4.69, 9.17) is 9.47 Å². The Labute approximate surface area is 199 Å². The molecule has 11 heteroatoms. The van der Waals surface area contributed by atoms with Crippen molar-refractivity contribution in [3.05, 3.63) is 83.9 Å². The summed E-state index contributed by atoms with van der Waals surface area (Å²) in [6.45, 7) is -0.240. The smallest absolute Gasteiger partial charge is 0.252 e. The van der Waals surface area contributed by atoms with E-state index in [1.165, 1.54) is 12.1 Å². The number of imide groups is 1. The van der Waals surface area contributed by atoms with Gasteiger partial charge in [0.2, 0.25) is 22.7 Å². The highest BCUT2D eigenvalue weighted by Gasteiger charge is 2.47. The van der Waals surface area contributed by atoms with Gasteiger partial charge in [-0.25, -0.2) is 22.1 Å². The minimum Gasteiger partial charge on any atom is -0.454 e. The van der Waals surface area contributed by atoms with Crippen LogP contribution in [-0.2, 0) is 26.2 Å². The number of fused-ring (bicyclic) bond motifs is 1. The number of halogens is 2. The van der Waals surface area contributed by atoms with Crippen LogP contribution in [0.1, 0.15) is 12.0 Å². The normalized spacial score (nSPS) is 17.5. The maximum Gasteiger partial charge on any atom is 0.252 e. The first-order valence-corrected chi connectivity index (χ1v) is 12.0. The van der Waals surface area contributed by atoms with E-state index in [0.29, 0.717) is 17.1 Å². The molecule has 8 nitrogen and oxygen atoms in total. The van der Waals surface area contributed by atoms with Crippen molar-refractivity contribution in [3.8, 4) is 11.5 Å². The molecule has 5 rings (SSSR count). The van der Waals surface area contributed by atoms with Crippen LogP contribution in [0.5, 0.6) is 11.5 Å². The average molecular weight is 500 g/mol. The van der Waals surface area contributed by atoms with E-state index in [1.807, 2.05) is 0 Å². The van der Waals surface area contributed by atoms with E-state index in [2.05, 4.69) is 0 Å².